The quantitative estimate of drug-likeness (QED) is 0.429. The van der Waals surface area contributed by atoms with Crippen LogP contribution in [0.1, 0.15) is 11.1 Å². The SMILES string of the molecule is N#Cc1c(Br)n(-c2ccccc2)c2ccc(OCc3ccccc3)cc12. The van der Waals surface area contributed by atoms with Crippen LogP contribution < -0.4 is 4.74 Å². The highest BCUT2D eigenvalue weighted by Crippen LogP contribution is 2.35. The number of halogens is 1. The summed E-state index contributed by atoms with van der Waals surface area (Å²) in [6.07, 6.45) is 0. The molecule has 26 heavy (non-hydrogen) atoms. The fraction of sp³-hybridized carbons (Fsp3) is 0.0455. The number of nitrogens with zero attached hydrogens (tertiary/aromatic N) is 2. The van der Waals surface area contributed by atoms with Crippen LogP contribution in [0.15, 0.2) is 83.5 Å². The molecule has 0 saturated carbocycles. The Morgan fingerprint density at radius 3 is 2.31 bits per heavy atom. The highest BCUT2D eigenvalue weighted by molar-refractivity contribution is 9.10. The van der Waals surface area contributed by atoms with Gasteiger partial charge < -0.3 is 9.30 Å². The van der Waals surface area contributed by atoms with Gasteiger partial charge in [-0.25, -0.2) is 0 Å². The Balaban J connectivity index is 1.76. The van der Waals surface area contributed by atoms with E-state index in [1.807, 2.05) is 83.4 Å². The first kappa shape index (κ1) is 16.4. The molecule has 0 N–H and O–H groups in total. The van der Waals surface area contributed by atoms with Gasteiger partial charge in [0.05, 0.1) is 11.1 Å². The summed E-state index contributed by atoms with van der Waals surface area (Å²) < 4.78 is 8.71. The summed E-state index contributed by atoms with van der Waals surface area (Å²) >= 11 is 3.59. The normalized spacial score (nSPS) is 10.6. The molecule has 0 aliphatic carbocycles. The van der Waals surface area contributed by atoms with Crippen LogP contribution in [0.25, 0.3) is 16.6 Å². The second-order valence-electron chi connectivity index (χ2n) is 5.90. The van der Waals surface area contributed by atoms with Gasteiger partial charge in [0.1, 0.15) is 23.0 Å². The average Bonchev–Trinajstić information content (AvgIpc) is 2.98. The van der Waals surface area contributed by atoms with E-state index in [1.54, 1.807) is 0 Å². The van der Waals surface area contributed by atoms with Gasteiger partial charge in [-0.05, 0) is 51.8 Å². The molecule has 0 aliphatic heterocycles. The standard InChI is InChI=1S/C22H15BrN2O/c23-22-20(14-24)19-13-18(26-15-16-7-3-1-4-8-16)11-12-21(19)25(22)17-9-5-2-6-10-17/h1-13H,15H2. The third-order valence-electron chi connectivity index (χ3n) is 4.26. The van der Waals surface area contributed by atoms with E-state index in [0.717, 1.165) is 32.5 Å². The van der Waals surface area contributed by atoms with E-state index in [2.05, 4.69) is 22.0 Å². The summed E-state index contributed by atoms with van der Waals surface area (Å²) in [6, 6.07) is 28.2. The molecule has 0 amide bonds. The van der Waals surface area contributed by atoms with Gasteiger partial charge in [-0.2, -0.15) is 5.26 Å². The Kier molecular flexibility index (Phi) is 4.47. The van der Waals surface area contributed by atoms with E-state index in [4.69, 9.17) is 4.74 Å². The second-order valence-corrected chi connectivity index (χ2v) is 6.65. The number of rotatable bonds is 4. The van der Waals surface area contributed by atoms with Crippen molar-refractivity contribution in [3.63, 3.8) is 0 Å². The molecule has 126 valence electrons. The number of fused-ring (bicyclic) bond motifs is 1. The number of ether oxygens (including phenoxy) is 1. The average molecular weight is 403 g/mol. The van der Waals surface area contributed by atoms with Crippen LogP contribution in [0, 0.1) is 11.3 Å². The number of nitriles is 1. The first-order chi connectivity index (χ1) is 12.8. The highest BCUT2D eigenvalue weighted by atomic mass is 79.9. The fourth-order valence-electron chi connectivity index (χ4n) is 3.01. The Morgan fingerprint density at radius 2 is 1.62 bits per heavy atom. The number of aromatic nitrogens is 1. The van der Waals surface area contributed by atoms with E-state index in [1.165, 1.54) is 0 Å². The summed E-state index contributed by atoms with van der Waals surface area (Å²) in [4.78, 5) is 0. The zero-order chi connectivity index (χ0) is 17.9. The van der Waals surface area contributed by atoms with Crippen molar-refractivity contribution in [1.29, 1.82) is 5.26 Å². The van der Waals surface area contributed by atoms with Crippen molar-refractivity contribution in [3.8, 4) is 17.5 Å². The third kappa shape index (κ3) is 2.98. The number of hydrogen-bond donors (Lipinski definition) is 0. The minimum Gasteiger partial charge on any atom is -0.489 e. The lowest BCUT2D eigenvalue weighted by atomic mass is 10.2. The van der Waals surface area contributed by atoms with E-state index in [-0.39, 0.29) is 0 Å². The number of hydrogen-bond acceptors (Lipinski definition) is 2. The maximum absolute atomic E-state index is 9.64. The lowest BCUT2D eigenvalue weighted by Gasteiger charge is -2.09. The van der Waals surface area contributed by atoms with Crippen LogP contribution in [-0.4, -0.2) is 4.57 Å². The molecule has 3 nitrogen and oxygen atoms in total. The molecule has 0 aliphatic rings. The van der Waals surface area contributed by atoms with Gasteiger partial charge in [0.2, 0.25) is 0 Å². The van der Waals surface area contributed by atoms with Crippen LogP contribution in [0.2, 0.25) is 0 Å². The summed E-state index contributed by atoms with van der Waals surface area (Å²) in [6.45, 7) is 0.495. The highest BCUT2D eigenvalue weighted by Gasteiger charge is 2.17. The van der Waals surface area contributed by atoms with Crippen LogP contribution in [0.4, 0.5) is 0 Å². The molecular formula is C22H15BrN2O. The Hall–Kier alpha value is -3.03. The molecule has 0 atom stereocenters. The van der Waals surface area contributed by atoms with E-state index in [0.29, 0.717) is 12.2 Å². The molecule has 0 radical (unpaired) electrons. The fourth-order valence-corrected chi connectivity index (χ4v) is 3.70. The van der Waals surface area contributed by atoms with Gasteiger partial charge in [0.15, 0.2) is 0 Å². The van der Waals surface area contributed by atoms with Crippen molar-refractivity contribution in [2.75, 3.05) is 0 Å². The number of benzene rings is 3. The van der Waals surface area contributed by atoms with Gasteiger partial charge in [-0.15, -0.1) is 0 Å². The maximum Gasteiger partial charge on any atom is 0.120 e. The second kappa shape index (κ2) is 7.07. The van der Waals surface area contributed by atoms with Crippen molar-refractivity contribution in [2.24, 2.45) is 0 Å². The van der Waals surface area contributed by atoms with E-state index in [9.17, 15) is 5.26 Å². The van der Waals surface area contributed by atoms with Gasteiger partial charge >= 0.3 is 0 Å². The van der Waals surface area contributed by atoms with Crippen molar-refractivity contribution in [3.05, 3.63) is 94.6 Å². The Bertz CT molecular complexity index is 1100. The van der Waals surface area contributed by atoms with Gasteiger partial charge in [-0.1, -0.05) is 48.5 Å². The van der Waals surface area contributed by atoms with Crippen LogP contribution in [-0.2, 0) is 6.61 Å². The summed E-state index contributed by atoms with van der Waals surface area (Å²) in [5.74, 6) is 0.746. The first-order valence-electron chi connectivity index (χ1n) is 8.24. The van der Waals surface area contributed by atoms with Gasteiger partial charge in [0, 0.05) is 11.1 Å². The predicted octanol–water partition coefficient (Wildman–Crippen LogP) is 5.84. The molecule has 4 aromatic rings. The Labute approximate surface area is 160 Å². The molecule has 0 fully saturated rings. The molecule has 1 aromatic heterocycles. The molecular weight excluding hydrogens is 388 g/mol. The van der Waals surface area contributed by atoms with E-state index < -0.39 is 0 Å². The molecule has 0 spiro atoms. The van der Waals surface area contributed by atoms with Crippen LogP contribution >= 0.6 is 15.9 Å². The third-order valence-corrected chi connectivity index (χ3v) is 5.01. The summed E-state index contributed by atoms with van der Waals surface area (Å²) in [5, 5.41) is 10.5. The van der Waals surface area contributed by atoms with Crippen molar-refractivity contribution in [1.82, 2.24) is 4.57 Å². The van der Waals surface area contributed by atoms with Crippen LogP contribution in [0.3, 0.4) is 0 Å². The Morgan fingerprint density at radius 1 is 0.923 bits per heavy atom. The lowest BCUT2D eigenvalue weighted by molar-refractivity contribution is 0.306. The molecule has 0 unspecified atom stereocenters. The van der Waals surface area contributed by atoms with E-state index >= 15 is 0 Å². The molecule has 1 heterocycles. The largest absolute Gasteiger partial charge is 0.489 e. The zero-order valence-corrected chi connectivity index (χ0v) is 15.5. The first-order valence-corrected chi connectivity index (χ1v) is 9.03. The number of para-hydroxylation sites is 1. The lowest BCUT2D eigenvalue weighted by Crippen LogP contribution is -1.95. The maximum atomic E-state index is 9.64. The monoisotopic (exact) mass is 402 g/mol. The zero-order valence-electron chi connectivity index (χ0n) is 13.9. The molecule has 0 bridgehead atoms. The molecule has 4 rings (SSSR count). The molecule has 3 aromatic carbocycles. The van der Waals surface area contributed by atoms with Gasteiger partial charge in [-0.3, -0.25) is 0 Å². The molecule has 4 heteroatoms. The van der Waals surface area contributed by atoms with Crippen molar-refractivity contribution >= 4 is 26.8 Å². The summed E-state index contributed by atoms with van der Waals surface area (Å²) in [7, 11) is 0. The van der Waals surface area contributed by atoms with Gasteiger partial charge in [0.25, 0.3) is 0 Å². The predicted molar refractivity (Wildman–Crippen MR) is 106 cm³/mol. The summed E-state index contributed by atoms with van der Waals surface area (Å²) in [5.41, 5.74) is 3.68. The molecule has 0 saturated heterocycles. The van der Waals surface area contributed by atoms with Crippen molar-refractivity contribution in [2.45, 2.75) is 6.61 Å². The topological polar surface area (TPSA) is 38.0 Å². The minimum absolute atomic E-state index is 0.495. The minimum atomic E-state index is 0.495. The van der Waals surface area contributed by atoms with Crippen LogP contribution in [0.5, 0.6) is 5.75 Å². The smallest absolute Gasteiger partial charge is 0.120 e. The van der Waals surface area contributed by atoms with Crippen molar-refractivity contribution < 1.29 is 4.74 Å².